The van der Waals surface area contributed by atoms with Gasteiger partial charge in [0.2, 0.25) is 23.5 Å². The summed E-state index contributed by atoms with van der Waals surface area (Å²) >= 11 is 13.4. The molecule has 0 fully saturated rings. The Morgan fingerprint density at radius 1 is 0.568 bits per heavy atom. The molecule has 0 spiro atoms. The molecule has 0 aliphatic rings. The number of aromatic nitrogens is 4. The van der Waals surface area contributed by atoms with Crippen molar-refractivity contribution < 1.29 is 65.8 Å². The zero-order valence-electron chi connectivity index (χ0n) is 41.0. The Morgan fingerprint density at radius 3 is 1.27 bits per heavy atom. The first-order chi connectivity index (χ1) is 34.8. The molecule has 394 valence electrons. The number of rotatable bonds is 25. The number of sulfone groups is 2. The molecule has 0 bridgehead atoms. The normalized spacial score (nSPS) is 13.4. The van der Waals surface area contributed by atoms with Crippen molar-refractivity contribution in [3.8, 4) is 34.6 Å². The van der Waals surface area contributed by atoms with E-state index in [4.69, 9.17) is 42.1 Å². The van der Waals surface area contributed by atoms with Crippen LogP contribution in [0.3, 0.4) is 0 Å². The third-order valence-electron chi connectivity index (χ3n) is 11.9. The molecule has 24 heteroatoms. The summed E-state index contributed by atoms with van der Waals surface area (Å²) in [6, 6.07) is 17.2. The highest BCUT2D eigenvalue weighted by atomic mass is 35.5. The van der Waals surface area contributed by atoms with E-state index in [0.717, 1.165) is 45.9 Å². The average molecular weight is 1100 g/mol. The van der Waals surface area contributed by atoms with Crippen LogP contribution in [-0.4, -0.2) is 106 Å². The van der Waals surface area contributed by atoms with Crippen molar-refractivity contribution in [1.29, 1.82) is 0 Å². The predicted molar refractivity (Wildman–Crippen MR) is 272 cm³/mol. The molecule has 4 aromatic heterocycles. The molecule has 6 N–H and O–H groups in total. The van der Waals surface area contributed by atoms with E-state index in [0.29, 0.717) is 22.3 Å². The SMILES string of the molecule is Cc1c(COc2nc(OCc3cncc(S(C)(=O)=O)c3)c(CNC(C)(CO)C(=O)O)cc2Cl)cccc1-c1cccc(COc2nc(OCc3cncc(S(C)(=O)=O)c3)c(CNC(C)(CO)C(=O)O)cc2Cl)c1C. The molecule has 4 heterocycles. The lowest BCUT2D eigenvalue weighted by Gasteiger charge is -2.24. The van der Waals surface area contributed by atoms with Crippen molar-refractivity contribution in [2.75, 3.05) is 25.7 Å². The first-order valence-electron chi connectivity index (χ1n) is 22.4. The molecule has 20 nitrogen and oxygen atoms in total. The van der Waals surface area contributed by atoms with Crippen molar-refractivity contribution >= 4 is 54.8 Å². The minimum absolute atomic E-state index is 0.00247. The molecule has 0 amide bonds. The highest BCUT2D eigenvalue weighted by molar-refractivity contribution is 7.91. The van der Waals surface area contributed by atoms with Gasteiger partial charge in [0.15, 0.2) is 19.7 Å². The number of nitrogens with zero attached hydrogens (tertiary/aromatic N) is 4. The average Bonchev–Trinajstić information content (AvgIpc) is 3.36. The number of carboxylic acid groups (broad SMARTS) is 2. The maximum absolute atomic E-state index is 12.2. The molecule has 74 heavy (non-hydrogen) atoms. The number of benzene rings is 2. The van der Waals surface area contributed by atoms with E-state index in [1.54, 1.807) is 0 Å². The Bertz CT molecular complexity index is 3080. The summed E-state index contributed by atoms with van der Waals surface area (Å²) in [6.45, 7) is 4.41. The molecule has 6 aromatic rings. The van der Waals surface area contributed by atoms with Crippen LogP contribution in [0.2, 0.25) is 10.0 Å². The van der Waals surface area contributed by atoms with Gasteiger partial charge in [-0.3, -0.25) is 30.2 Å². The Balaban J connectivity index is 1.23. The molecular weight excluding hydrogens is 1040 g/mol. The van der Waals surface area contributed by atoms with Gasteiger partial charge < -0.3 is 39.4 Å². The third-order valence-corrected chi connectivity index (χ3v) is 14.6. The van der Waals surface area contributed by atoms with E-state index in [1.165, 1.54) is 62.9 Å². The number of carboxylic acids is 2. The fourth-order valence-electron chi connectivity index (χ4n) is 7.02. The topological polar surface area (TPSA) is 296 Å². The van der Waals surface area contributed by atoms with Gasteiger partial charge in [0.05, 0.1) is 23.0 Å². The summed E-state index contributed by atoms with van der Waals surface area (Å²) in [6.07, 6.45) is 7.41. The lowest BCUT2D eigenvalue weighted by atomic mass is 9.92. The van der Waals surface area contributed by atoms with Crippen LogP contribution in [0.1, 0.15) is 58.4 Å². The number of pyridine rings is 4. The number of aliphatic carboxylic acids is 2. The van der Waals surface area contributed by atoms with Crippen molar-refractivity contribution in [1.82, 2.24) is 30.6 Å². The Morgan fingerprint density at radius 2 is 0.932 bits per heavy atom. The Kier molecular flexibility index (Phi) is 18.3. The number of halogens is 2. The quantitative estimate of drug-likeness (QED) is 0.0393. The third kappa shape index (κ3) is 14.0. The second kappa shape index (κ2) is 23.8. The van der Waals surface area contributed by atoms with E-state index >= 15 is 0 Å². The maximum atomic E-state index is 12.2. The minimum atomic E-state index is -3.57. The number of aliphatic hydroxyl groups is 2. The molecule has 2 aromatic carbocycles. The van der Waals surface area contributed by atoms with E-state index in [-0.39, 0.29) is 82.9 Å². The zero-order valence-corrected chi connectivity index (χ0v) is 44.1. The summed E-state index contributed by atoms with van der Waals surface area (Å²) in [7, 11) is -7.15. The monoisotopic (exact) mass is 1100 g/mol. The summed E-state index contributed by atoms with van der Waals surface area (Å²) in [5, 5.41) is 44.9. The number of ether oxygens (including phenoxy) is 4. The van der Waals surface area contributed by atoms with Crippen LogP contribution in [0.5, 0.6) is 23.5 Å². The fraction of sp³-hybridized carbons (Fsp3) is 0.320. The van der Waals surface area contributed by atoms with Gasteiger partial charge in [-0.25, -0.2) is 16.8 Å². The minimum Gasteiger partial charge on any atom is -0.480 e. The Labute approximate surface area is 437 Å². The second-order valence-electron chi connectivity index (χ2n) is 17.7. The largest absolute Gasteiger partial charge is 0.480 e. The van der Waals surface area contributed by atoms with Crippen LogP contribution >= 0.6 is 23.2 Å². The smallest absolute Gasteiger partial charge is 0.326 e. The van der Waals surface area contributed by atoms with Crippen LogP contribution < -0.4 is 29.6 Å². The molecule has 0 saturated carbocycles. The summed E-state index contributed by atoms with van der Waals surface area (Å²) in [4.78, 5) is 41.0. The van der Waals surface area contributed by atoms with E-state index in [9.17, 15) is 46.9 Å². The fourth-order valence-corrected chi connectivity index (χ4v) is 8.71. The molecule has 0 aliphatic carbocycles. The summed E-state index contributed by atoms with van der Waals surface area (Å²) < 4.78 is 73.3. The lowest BCUT2D eigenvalue weighted by molar-refractivity contribution is -0.146. The van der Waals surface area contributed by atoms with Gasteiger partial charge in [-0.05, 0) is 85.3 Å². The summed E-state index contributed by atoms with van der Waals surface area (Å²) in [5.74, 6) is -2.62. The number of aliphatic hydroxyl groups excluding tert-OH is 2. The first kappa shape index (κ1) is 56.8. The summed E-state index contributed by atoms with van der Waals surface area (Å²) in [5.41, 5.74) is 3.06. The van der Waals surface area contributed by atoms with E-state index < -0.39 is 55.9 Å². The first-order valence-corrected chi connectivity index (χ1v) is 26.9. The van der Waals surface area contributed by atoms with Gasteiger partial charge in [-0.1, -0.05) is 59.6 Å². The molecule has 2 atom stereocenters. The van der Waals surface area contributed by atoms with Gasteiger partial charge in [0, 0.05) is 72.6 Å². The van der Waals surface area contributed by atoms with E-state index in [1.807, 2.05) is 50.2 Å². The molecule has 0 saturated heterocycles. The predicted octanol–water partition coefficient (Wildman–Crippen LogP) is 5.83. The number of carbonyl (C=O) groups is 2. The van der Waals surface area contributed by atoms with Crippen LogP contribution in [0, 0.1) is 13.8 Å². The lowest BCUT2D eigenvalue weighted by Crippen LogP contribution is -2.52. The number of hydrogen-bond acceptors (Lipinski definition) is 18. The molecule has 0 radical (unpaired) electrons. The van der Waals surface area contributed by atoms with Crippen LogP contribution in [0.4, 0.5) is 0 Å². The molecule has 6 rings (SSSR count). The van der Waals surface area contributed by atoms with E-state index in [2.05, 4.69) is 30.6 Å². The van der Waals surface area contributed by atoms with Gasteiger partial charge >= 0.3 is 11.9 Å². The van der Waals surface area contributed by atoms with Gasteiger partial charge in [0.1, 0.15) is 47.6 Å². The van der Waals surface area contributed by atoms with Crippen LogP contribution in [0.25, 0.3) is 11.1 Å². The highest BCUT2D eigenvalue weighted by Gasteiger charge is 2.33. The maximum Gasteiger partial charge on any atom is 0.326 e. The number of nitrogens with one attached hydrogen (secondary N) is 2. The van der Waals surface area contributed by atoms with Crippen molar-refractivity contribution in [2.24, 2.45) is 0 Å². The van der Waals surface area contributed by atoms with Crippen molar-refractivity contribution in [2.45, 2.75) is 88.1 Å². The van der Waals surface area contributed by atoms with Gasteiger partial charge in [0.25, 0.3) is 0 Å². The van der Waals surface area contributed by atoms with Crippen LogP contribution in [-0.2, 0) is 68.8 Å². The highest BCUT2D eigenvalue weighted by Crippen LogP contribution is 2.35. The second-order valence-corrected chi connectivity index (χ2v) is 22.6. The van der Waals surface area contributed by atoms with Crippen LogP contribution in [0.15, 0.2) is 95.2 Å². The Hall–Kier alpha value is -6.50. The molecule has 0 aliphatic heterocycles. The zero-order chi connectivity index (χ0) is 54.2. The molecular formula is C50H54Cl2N6O14S2. The number of hydrogen-bond donors (Lipinski definition) is 6. The molecule has 2 unspecified atom stereocenters. The van der Waals surface area contributed by atoms with Gasteiger partial charge in [-0.15, -0.1) is 0 Å². The van der Waals surface area contributed by atoms with Crippen molar-refractivity contribution in [3.63, 3.8) is 0 Å². The van der Waals surface area contributed by atoms with Gasteiger partial charge in [-0.2, -0.15) is 9.97 Å². The standard InChI is InChI=1S/C50H54Cl2N6O14S2/c1-29-33(25-71-45-41(51)15-35(19-55-49(3,27-59)47(61)62)43(57-45)69-23-31-13-37(21-53-17-31)73(5,65)66)9-7-11-39(29)40-12-8-10-34(30(40)2)26-72-46-42(52)16-36(20-56-50(4,28-60)48(63)64)44(58-46)70-24-32-14-38(22-54-18-32)74(6,67)68/h7-18,21-22,55-56,59-60H,19-20,23-28H2,1-6H3,(H,61,62)(H,63,64). The van der Waals surface area contributed by atoms with Crippen molar-refractivity contribution in [3.05, 3.63) is 140 Å².